The molecular formula is C15H13Cl3F3N3O2. The molecule has 0 saturated carbocycles. The highest BCUT2D eigenvalue weighted by atomic mass is 35.6. The van der Waals surface area contributed by atoms with Gasteiger partial charge in [-0.05, 0) is 5.92 Å². The van der Waals surface area contributed by atoms with Gasteiger partial charge in [0.05, 0.1) is 17.6 Å². The Kier molecular flexibility index (Phi) is 6.31. The normalized spacial score (nSPS) is 11.7. The van der Waals surface area contributed by atoms with Crippen molar-refractivity contribution in [2.75, 3.05) is 11.9 Å². The summed E-state index contributed by atoms with van der Waals surface area (Å²) in [7, 11) is 0. The van der Waals surface area contributed by atoms with Crippen LogP contribution < -0.4 is 5.32 Å². The van der Waals surface area contributed by atoms with Crippen molar-refractivity contribution >= 4 is 46.6 Å². The first-order valence-electron chi connectivity index (χ1n) is 7.23. The molecule has 26 heavy (non-hydrogen) atoms. The van der Waals surface area contributed by atoms with Gasteiger partial charge in [-0.2, -0.15) is 5.10 Å². The Morgan fingerprint density at radius 1 is 1.27 bits per heavy atom. The summed E-state index contributed by atoms with van der Waals surface area (Å²) < 4.78 is 45.2. The van der Waals surface area contributed by atoms with E-state index < -0.39 is 39.6 Å². The van der Waals surface area contributed by atoms with Crippen molar-refractivity contribution in [2.24, 2.45) is 0 Å². The van der Waals surface area contributed by atoms with Crippen LogP contribution in [-0.4, -0.2) is 26.3 Å². The predicted molar refractivity (Wildman–Crippen MR) is 92.8 cm³/mol. The minimum Gasteiger partial charge on any atom is -0.445 e. The van der Waals surface area contributed by atoms with Gasteiger partial charge in [0.2, 0.25) is 3.79 Å². The molecule has 1 aromatic carbocycles. The van der Waals surface area contributed by atoms with E-state index in [1.54, 1.807) is 13.8 Å². The second-order valence-corrected chi connectivity index (χ2v) is 8.06. The minimum absolute atomic E-state index is 0.137. The molecule has 2 aromatic rings. The zero-order chi connectivity index (χ0) is 19.6. The smallest absolute Gasteiger partial charge is 0.411 e. The Morgan fingerprint density at radius 2 is 1.85 bits per heavy atom. The topological polar surface area (TPSA) is 56.1 Å². The van der Waals surface area contributed by atoms with Gasteiger partial charge in [0.1, 0.15) is 18.1 Å². The summed E-state index contributed by atoms with van der Waals surface area (Å²) in [5.41, 5.74) is -0.171. The number of hydrogen-bond donors (Lipinski definition) is 1. The highest BCUT2D eigenvalue weighted by Gasteiger charge is 2.25. The van der Waals surface area contributed by atoms with Crippen LogP contribution in [0.25, 0.3) is 5.69 Å². The zero-order valence-corrected chi connectivity index (χ0v) is 15.8. The van der Waals surface area contributed by atoms with Crippen molar-refractivity contribution in [1.82, 2.24) is 9.78 Å². The van der Waals surface area contributed by atoms with Crippen LogP contribution in [0, 0.1) is 17.5 Å². The predicted octanol–water partition coefficient (Wildman–Crippen LogP) is 5.33. The first kappa shape index (κ1) is 20.7. The first-order chi connectivity index (χ1) is 12.0. The highest BCUT2D eigenvalue weighted by molar-refractivity contribution is 6.67. The lowest BCUT2D eigenvalue weighted by molar-refractivity contribution is 0.164. The molecule has 0 unspecified atom stereocenters. The monoisotopic (exact) mass is 429 g/mol. The number of carbonyl (C=O) groups excluding carboxylic acids is 1. The van der Waals surface area contributed by atoms with Gasteiger partial charge in [-0.3, -0.25) is 5.32 Å². The van der Waals surface area contributed by atoms with Gasteiger partial charge in [-0.25, -0.2) is 22.6 Å². The number of amides is 1. The quantitative estimate of drug-likeness (QED) is 0.667. The molecule has 2 rings (SSSR count). The Balaban J connectivity index is 2.36. The van der Waals surface area contributed by atoms with Crippen molar-refractivity contribution in [3.63, 3.8) is 0 Å². The van der Waals surface area contributed by atoms with Gasteiger partial charge < -0.3 is 4.74 Å². The lowest BCUT2D eigenvalue weighted by Crippen LogP contribution is -2.22. The van der Waals surface area contributed by atoms with E-state index in [0.29, 0.717) is 12.1 Å². The molecule has 1 heterocycles. The van der Waals surface area contributed by atoms with Crippen molar-refractivity contribution in [3.8, 4) is 5.69 Å². The van der Waals surface area contributed by atoms with Gasteiger partial charge in [0.25, 0.3) is 0 Å². The lowest BCUT2D eigenvalue weighted by Gasteiger charge is -2.15. The number of alkyl halides is 3. The molecule has 11 heteroatoms. The van der Waals surface area contributed by atoms with E-state index in [1.165, 1.54) is 6.20 Å². The van der Waals surface area contributed by atoms with Crippen LogP contribution in [0.4, 0.5) is 23.7 Å². The third kappa shape index (κ3) is 4.96. The second kappa shape index (κ2) is 7.94. The number of nitrogens with one attached hydrogen (secondary N) is 1. The van der Waals surface area contributed by atoms with Crippen LogP contribution in [0.1, 0.15) is 25.5 Å². The molecule has 142 valence electrons. The number of anilines is 1. The van der Waals surface area contributed by atoms with E-state index in [4.69, 9.17) is 39.5 Å². The SMILES string of the molecule is CC(C)c1c(NC(=O)OCC(Cl)(Cl)Cl)cnn1-c1c(F)cc(F)cc1F. The third-order valence-corrected chi connectivity index (χ3v) is 3.48. The van der Waals surface area contributed by atoms with Gasteiger partial charge in [-0.15, -0.1) is 0 Å². The zero-order valence-electron chi connectivity index (χ0n) is 13.5. The van der Waals surface area contributed by atoms with Gasteiger partial charge in [0.15, 0.2) is 11.6 Å². The summed E-state index contributed by atoms with van der Waals surface area (Å²) in [6, 6.07) is 1.07. The number of rotatable bonds is 4. The van der Waals surface area contributed by atoms with E-state index in [9.17, 15) is 18.0 Å². The van der Waals surface area contributed by atoms with Crippen molar-refractivity contribution in [3.05, 3.63) is 41.5 Å². The molecule has 1 aromatic heterocycles. The Hall–Kier alpha value is -1.64. The molecule has 0 spiro atoms. The van der Waals surface area contributed by atoms with Gasteiger partial charge in [-0.1, -0.05) is 48.7 Å². The molecule has 0 aliphatic rings. The maximum absolute atomic E-state index is 14.1. The van der Waals surface area contributed by atoms with Crippen molar-refractivity contribution in [1.29, 1.82) is 0 Å². The van der Waals surface area contributed by atoms with Crippen molar-refractivity contribution in [2.45, 2.75) is 23.6 Å². The first-order valence-corrected chi connectivity index (χ1v) is 8.36. The molecule has 5 nitrogen and oxygen atoms in total. The molecular weight excluding hydrogens is 418 g/mol. The summed E-state index contributed by atoms with van der Waals surface area (Å²) in [6.45, 7) is 2.92. The van der Waals surface area contributed by atoms with Gasteiger partial charge in [0, 0.05) is 12.1 Å². The fraction of sp³-hybridized carbons (Fsp3) is 0.333. The van der Waals surface area contributed by atoms with Crippen LogP contribution in [0.3, 0.4) is 0 Å². The van der Waals surface area contributed by atoms with E-state index >= 15 is 0 Å². The average molecular weight is 431 g/mol. The number of halogens is 6. The Bertz CT molecular complexity index is 799. The molecule has 0 aliphatic heterocycles. The molecule has 0 fully saturated rings. The maximum atomic E-state index is 14.1. The van der Waals surface area contributed by atoms with Crippen LogP contribution in [0.5, 0.6) is 0 Å². The summed E-state index contributed by atoms with van der Waals surface area (Å²) in [5, 5.41) is 6.25. The average Bonchev–Trinajstić information content (AvgIpc) is 2.87. The Morgan fingerprint density at radius 3 is 2.35 bits per heavy atom. The lowest BCUT2D eigenvalue weighted by atomic mass is 10.1. The molecule has 0 atom stereocenters. The summed E-state index contributed by atoms with van der Waals surface area (Å²) in [5.74, 6) is -3.66. The minimum atomic E-state index is -1.79. The van der Waals surface area contributed by atoms with Crippen molar-refractivity contribution < 1.29 is 22.7 Å². The standard InChI is InChI=1S/C15H13Cl3F3N3O2/c1-7(2)12-11(23-14(25)26-6-15(16,17)18)5-22-24(12)13-9(20)3-8(19)4-10(13)21/h3-5,7H,6H2,1-2H3,(H,23,25). The molecule has 0 aliphatic carbocycles. The molecule has 0 radical (unpaired) electrons. The number of aromatic nitrogens is 2. The fourth-order valence-electron chi connectivity index (χ4n) is 2.22. The van der Waals surface area contributed by atoms with E-state index in [2.05, 4.69) is 10.4 Å². The Labute approximate surface area is 162 Å². The number of ether oxygens (including phenoxy) is 1. The molecule has 1 N–H and O–H groups in total. The summed E-state index contributed by atoms with van der Waals surface area (Å²) in [4.78, 5) is 11.8. The van der Waals surface area contributed by atoms with Crippen LogP contribution in [-0.2, 0) is 4.74 Å². The number of benzene rings is 1. The summed E-state index contributed by atoms with van der Waals surface area (Å²) >= 11 is 16.5. The second-order valence-electron chi connectivity index (χ2n) is 5.54. The van der Waals surface area contributed by atoms with E-state index in [0.717, 1.165) is 4.68 Å². The molecule has 0 saturated heterocycles. The fourth-order valence-corrected chi connectivity index (χ4v) is 2.38. The number of carbonyl (C=O) groups is 1. The van der Waals surface area contributed by atoms with Crippen LogP contribution in [0.15, 0.2) is 18.3 Å². The summed E-state index contributed by atoms with van der Waals surface area (Å²) in [6.07, 6.45) is 0.228. The molecule has 1 amide bonds. The van der Waals surface area contributed by atoms with E-state index in [1.807, 2.05) is 0 Å². The number of nitrogens with zero attached hydrogens (tertiary/aromatic N) is 2. The maximum Gasteiger partial charge on any atom is 0.411 e. The largest absolute Gasteiger partial charge is 0.445 e. The third-order valence-electron chi connectivity index (χ3n) is 3.15. The van der Waals surface area contributed by atoms with Crippen LogP contribution in [0.2, 0.25) is 0 Å². The van der Waals surface area contributed by atoms with Gasteiger partial charge >= 0.3 is 6.09 Å². The molecule has 0 bridgehead atoms. The van der Waals surface area contributed by atoms with Crippen LogP contribution >= 0.6 is 34.8 Å². The van der Waals surface area contributed by atoms with E-state index in [-0.39, 0.29) is 17.3 Å². The highest BCUT2D eigenvalue weighted by Crippen LogP contribution is 2.30. The number of hydrogen-bond acceptors (Lipinski definition) is 3.